The Balaban J connectivity index is 1.38. The predicted octanol–water partition coefficient (Wildman–Crippen LogP) is 4.69. The zero-order valence-electron chi connectivity index (χ0n) is 19.5. The zero-order valence-corrected chi connectivity index (χ0v) is 19.5. The molecular weight excluding hydrogens is 426 g/mol. The quantitative estimate of drug-likeness (QED) is 0.556. The van der Waals surface area contributed by atoms with Gasteiger partial charge in [0, 0.05) is 36.5 Å². The molecule has 5 rings (SSSR count). The second-order valence-corrected chi connectivity index (χ2v) is 9.99. The van der Waals surface area contributed by atoms with Crippen LogP contribution in [0, 0.1) is 34.5 Å². The summed E-state index contributed by atoms with van der Waals surface area (Å²) in [6.07, 6.45) is 13.1. The van der Waals surface area contributed by atoms with Gasteiger partial charge in [-0.25, -0.2) is 9.97 Å². The number of fused-ring (bicyclic) bond motifs is 3. The number of aromatic nitrogens is 4. The van der Waals surface area contributed by atoms with Crippen LogP contribution in [0.1, 0.15) is 76.1 Å². The van der Waals surface area contributed by atoms with Crippen molar-refractivity contribution in [2.75, 3.05) is 0 Å². The molecule has 0 radical (unpaired) electrons. The second-order valence-electron chi connectivity index (χ2n) is 9.99. The van der Waals surface area contributed by atoms with Crippen LogP contribution in [-0.2, 0) is 11.2 Å². The Labute approximate surface area is 199 Å². The summed E-state index contributed by atoms with van der Waals surface area (Å²) in [5.74, 6) is 1.74. The summed E-state index contributed by atoms with van der Waals surface area (Å²) in [7, 11) is 0. The topological polar surface area (TPSA) is 123 Å². The Kier molecular flexibility index (Phi) is 6.49. The molecule has 8 heteroatoms. The molecule has 2 aliphatic carbocycles. The third-order valence-electron chi connectivity index (χ3n) is 7.78. The highest BCUT2D eigenvalue weighted by Gasteiger charge is 2.28. The van der Waals surface area contributed by atoms with Crippen molar-refractivity contribution in [2.24, 2.45) is 11.8 Å². The third-order valence-corrected chi connectivity index (χ3v) is 7.78. The number of aromatic amines is 1. The summed E-state index contributed by atoms with van der Waals surface area (Å²) in [5, 5.41) is 22.3. The van der Waals surface area contributed by atoms with Crippen molar-refractivity contribution < 1.29 is 4.79 Å². The maximum Gasteiger partial charge on any atom is 0.227 e. The molecular formula is C26H31N7O. The molecule has 0 aromatic carbocycles. The highest BCUT2D eigenvalue weighted by molar-refractivity contribution is 6.01. The molecule has 3 aromatic rings. The molecule has 1 amide bonds. The number of amides is 1. The molecule has 34 heavy (non-hydrogen) atoms. The van der Waals surface area contributed by atoms with Gasteiger partial charge in [0.25, 0.3) is 0 Å². The average molecular weight is 458 g/mol. The van der Waals surface area contributed by atoms with E-state index in [1.165, 1.54) is 0 Å². The van der Waals surface area contributed by atoms with Gasteiger partial charge in [-0.1, -0.05) is 0 Å². The van der Waals surface area contributed by atoms with Gasteiger partial charge in [-0.3, -0.25) is 4.79 Å². The fourth-order valence-corrected chi connectivity index (χ4v) is 5.96. The van der Waals surface area contributed by atoms with Crippen molar-refractivity contribution in [2.45, 2.75) is 82.7 Å². The Morgan fingerprint density at radius 1 is 1.06 bits per heavy atom. The predicted molar refractivity (Wildman–Crippen MR) is 128 cm³/mol. The van der Waals surface area contributed by atoms with E-state index in [4.69, 9.17) is 15.5 Å². The van der Waals surface area contributed by atoms with Crippen LogP contribution in [0.5, 0.6) is 0 Å². The van der Waals surface area contributed by atoms with Gasteiger partial charge in [-0.15, -0.1) is 0 Å². The molecule has 0 unspecified atom stereocenters. The first-order chi connectivity index (χ1) is 16.7. The molecule has 176 valence electrons. The van der Waals surface area contributed by atoms with Gasteiger partial charge in [0.05, 0.1) is 30.3 Å². The number of nitrogens with zero attached hydrogens (tertiary/aromatic N) is 5. The van der Waals surface area contributed by atoms with Gasteiger partial charge in [-0.05, 0) is 69.3 Å². The van der Waals surface area contributed by atoms with Gasteiger partial charge >= 0.3 is 0 Å². The first-order valence-corrected chi connectivity index (χ1v) is 12.5. The molecule has 8 nitrogen and oxygen atoms in total. The summed E-state index contributed by atoms with van der Waals surface area (Å²) >= 11 is 0. The number of nitriles is 2. The fourth-order valence-electron chi connectivity index (χ4n) is 5.96. The monoisotopic (exact) mass is 457 g/mol. The van der Waals surface area contributed by atoms with Crippen molar-refractivity contribution in [1.29, 1.82) is 10.5 Å². The number of hydrogen-bond acceptors (Lipinski definition) is 5. The van der Waals surface area contributed by atoms with Gasteiger partial charge in [0.2, 0.25) is 5.91 Å². The van der Waals surface area contributed by atoms with Crippen LogP contribution in [0.15, 0.2) is 18.5 Å². The number of pyridine rings is 1. The van der Waals surface area contributed by atoms with Gasteiger partial charge in [-0.2, -0.15) is 10.5 Å². The van der Waals surface area contributed by atoms with E-state index in [1.54, 1.807) is 6.20 Å². The SMILES string of the molecule is N#CCC1CCC(NC(=O)Cc2nc3cnc4[nH]ccc4c3n2C2CCC(CC#N)CC2)CC1. The number of nitrogens with one attached hydrogen (secondary N) is 2. The minimum atomic E-state index is 0.0109. The lowest BCUT2D eigenvalue weighted by Gasteiger charge is -2.30. The van der Waals surface area contributed by atoms with Crippen molar-refractivity contribution >= 4 is 28.0 Å². The first-order valence-electron chi connectivity index (χ1n) is 12.5. The van der Waals surface area contributed by atoms with Crippen LogP contribution in [0.25, 0.3) is 22.1 Å². The van der Waals surface area contributed by atoms with Crippen LogP contribution in [0.3, 0.4) is 0 Å². The molecule has 3 heterocycles. The maximum absolute atomic E-state index is 13.1. The Bertz CT molecular complexity index is 1240. The van der Waals surface area contributed by atoms with Crippen molar-refractivity contribution in [3.63, 3.8) is 0 Å². The van der Waals surface area contributed by atoms with Gasteiger partial charge < -0.3 is 14.9 Å². The first kappa shape index (κ1) is 22.4. The number of imidazole rings is 1. The fraction of sp³-hybridized carbons (Fsp3) is 0.577. The average Bonchev–Trinajstić information content (AvgIpc) is 3.45. The summed E-state index contributed by atoms with van der Waals surface area (Å²) in [5.41, 5.74) is 2.71. The molecule has 3 aromatic heterocycles. The Hall–Kier alpha value is -3.39. The lowest BCUT2D eigenvalue weighted by Crippen LogP contribution is -2.39. The van der Waals surface area contributed by atoms with Crippen LogP contribution in [-0.4, -0.2) is 31.5 Å². The van der Waals surface area contributed by atoms with E-state index in [2.05, 4.69) is 32.0 Å². The minimum absolute atomic E-state index is 0.0109. The maximum atomic E-state index is 13.1. The number of carbonyl (C=O) groups excluding carboxylic acids is 1. The highest BCUT2D eigenvalue weighted by atomic mass is 16.1. The van der Waals surface area contributed by atoms with Crippen LogP contribution in [0.2, 0.25) is 0 Å². The lowest BCUT2D eigenvalue weighted by atomic mass is 9.84. The normalized spacial score (nSPS) is 25.1. The second kappa shape index (κ2) is 9.85. The van der Waals surface area contributed by atoms with Crippen LogP contribution < -0.4 is 5.32 Å². The molecule has 0 saturated heterocycles. The number of rotatable bonds is 6. The van der Waals surface area contributed by atoms with E-state index < -0.39 is 0 Å². The van der Waals surface area contributed by atoms with E-state index >= 15 is 0 Å². The summed E-state index contributed by atoms with van der Waals surface area (Å²) in [6.45, 7) is 0. The van der Waals surface area contributed by atoms with Gasteiger partial charge in [0.1, 0.15) is 17.0 Å². The molecule has 0 aliphatic heterocycles. The number of hydrogen-bond donors (Lipinski definition) is 2. The van der Waals surface area contributed by atoms with Crippen LogP contribution >= 0.6 is 0 Å². The molecule has 0 bridgehead atoms. The minimum Gasteiger partial charge on any atom is -0.353 e. The van der Waals surface area contributed by atoms with E-state index in [0.717, 1.165) is 79.3 Å². The summed E-state index contributed by atoms with van der Waals surface area (Å²) in [6, 6.07) is 7.08. The smallest absolute Gasteiger partial charge is 0.227 e. The van der Waals surface area contributed by atoms with E-state index in [-0.39, 0.29) is 24.4 Å². The molecule has 2 fully saturated rings. The van der Waals surface area contributed by atoms with Crippen LogP contribution in [0.4, 0.5) is 0 Å². The highest BCUT2D eigenvalue weighted by Crippen LogP contribution is 2.38. The van der Waals surface area contributed by atoms with E-state index in [9.17, 15) is 4.79 Å². The lowest BCUT2D eigenvalue weighted by molar-refractivity contribution is -0.121. The van der Waals surface area contributed by atoms with E-state index in [1.807, 2.05) is 12.3 Å². The molecule has 0 spiro atoms. The summed E-state index contributed by atoms with van der Waals surface area (Å²) in [4.78, 5) is 25.7. The third kappa shape index (κ3) is 4.50. The van der Waals surface area contributed by atoms with Crippen molar-refractivity contribution in [3.05, 3.63) is 24.3 Å². The van der Waals surface area contributed by atoms with Gasteiger partial charge in [0.15, 0.2) is 0 Å². The van der Waals surface area contributed by atoms with Crippen molar-refractivity contribution in [3.8, 4) is 12.1 Å². The zero-order chi connectivity index (χ0) is 23.5. The Morgan fingerprint density at radius 3 is 2.41 bits per heavy atom. The molecule has 0 atom stereocenters. The number of carbonyl (C=O) groups is 1. The van der Waals surface area contributed by atoms with Crippen molar-refractivity contribution in [1.82, 2.24) is 24.8 Å². The number of H-pyrrole nitrogens is 1. The molecule has 2 aliphatic rings. The largest absolute Gasteiger partial charge is 0.353 e. The molecule has 2 N–H and O–H groups in total. The molecule has 2 saturated carbocycles. The van der Waals surface area contributed by atoms with E-state index in [0.29, 0.717) is 24.7 Å². The summed E-state index contributed by atoms with van der Waals surface area (Å²) < 4.78 is 2.29. The Morgan fingerprint density at radius 2 is 1.74 bits per heavy atom. The standard InChI is InChI=1S/C26H31N7O/c27-12-9-17-1-5-19(6-2-17)31-24(34)15-23-32-22-16-30-26-21(11-14-29-26)25(22)33(23)20-7-3-18(4-8-20)10-13-28/h11,14,16-20H,1-10,15H2,(H,29,30)(H,31,34).